The first-order valence-electron chi connectivity index (χ1n) is 4.32. The van der Waals surface area contributed by atoms with Crippen molar-refractivity contribution in [1.82, 2.24) is 0 Å². The molecule has 0 spiro atoms. The maximum Gasteiger partial charge on any atom is 0.120 e. The van der Waals surface area contributed by atoms with Gasteiger partial charge in [-0.3, -0.25) is 0 Å². The Morgan fingerprint density at radius 3 is 3.00 bits per heavy atom. The summed E-state index contributed by atoms with van der Waals surface area (Å²) in [5, 5.41) is 0. The summed E-state index contributed by atoms with van der Waals surface area (Å²) in [7, 11) is 0. The van der Waals surface area contributed by atoms with Gasteiger partial charge in [0.2, 0.25) is 0 Å². The Labute approximate surface area is 92.9 Å². The minimum atomic E-state index is 0.770. The van der Waals surface area contributed by atoms with E-state index in [1.165, 1.54) is 3.57 Å². The number of rotatable bonds is 5. The normalized spacial score (nSPS) is 9.62. The van der Waals surface area contributed by atoms with Gasteiger partial charge in [0.05, 0.1) is 6.61 Å². The van der Waals surface area contributed by atoms with Gasteiger partial charge in [-0.1, -0.05) is 12.1 Å². The topological polar surface area (TPSA) is 9.23 Å². The zero-order chi connectivity index (χ0) is 9.52. The molecule has 0 aliphatic heterocycles. The predicted molar refractivity (Wildman–Crippen MR) is 64.1 cm³/mol. The van der Waals surface area contributed by atoms with Crippen molar-refractivity contribution in [2.24, 2.45) is 0 Å². The first-order valence-corrected chi connectivity index (χ1v) is 5.40. The number of ether oxygens (including phenoxy) is 1. The van der Waals surface area contributed by atoms with Crippen LogP contribution in [0.5, 0.6) is 5.75 Å². The van der Waals surface area contributed by atoms with E-state index in [1.807, 2.05) is 24.3 Å². The van der Waals surface area contributed by atoms with E-state index in [1.54, 1.807) is 0 Å². The van der Waals surface area contributed by atoms with Crippen molar-refractivity contribution in [2.75, 3.05) is 6.61 Å². The summed E-state index contributed by atoms with van der Waals surface area (Å²) in [5.74, 6) is 0.955. The summed E-state index contributed by atoms with van der Waals surface area (Å²) >= 11 is 2.28. The second-order valence-electron chi connectivity index (χ2n) is 2.74. The molecule has 0 amide bonds. The highest BCUT2D eigenvalue weighted by atomic mass is 127. The van der Waals surface area contributed by atoms with Crippen molar-refractivity contribution in [1.29, 1.82) is 0 Å². The molecule has 0 N–H and O–H groups in total. The van der Waals surface area contributed by atoms with E-state index in [0.717, 1.165) is 25.2 Å². The van der Waals surface area contributed by atoms with Crippen molar-refractivity contribution < 1.29 is 4.74 Å². The van der Waals surface area contributed by atoms with Crippen LogP contribution >= 0.6 is 22.6 Å². The summed E-state index contributed by atoms with van der Waals surface area (Å²) in [6.07, 6.45) is 3.97. The molecule has 1 rings (SSSR count). The second kappa shape index (κ2) is 6.02. The summed E-state index contributed by atoms with van der Waals surface area (Å²) in [5.41, 5.74) is 0. The first-order chi connectivity index (χ1) is 6.33. The molecule has 0 saturated heterocycles. The molecule has 0 fully saturated rings. The third-order valence-electron chi connectivity index (χ3n) is 1.62. The van der Waals surface area contributed by atoms with Crippen LogP contribution in [0.4, 0.5) is 0 Å². The van der Waals surface area contributed by atoms with E-state index in [2.05, 4.69) is 35.2 Å². The minimum Gasteiger partial charge on any atom is -0.494 e. The summed E-state index contributed by atoms with van der Waals surface area (Å²) in [6, 6.07) is 8.08. The number of hydrogen-bond acceptors (Lipinski definition) is 1. The van der Waals surface area contributed by atoms with Crippen molar-refractivity contribution in [3.63, 3.8) is 0 Å². The van der Waals surface area contributed by atoms with Crippen molar-refractivity contribution >= 4 is 22.6 Å². The van der Waals surface area contributed by atoms with Crippen LogP contribution in [0.1, 0.15) is 12.8 Å². The van der Waals surface area contributed by atoms with Gasteiger partial charge < -0.3 is 4.74 Å². The fourth-order valence-electron chi connectivity index (χ4n) is 0.974. The fourth-order valence-corrected chi connectivity index (χ4v) is 1.49. The molecule has 0 saturated carbocycles. The van der Waals surface area contributed by atoms with E-state index >= 15 is 0 Å². The predicted octanol–water partition coefficient (Wildman–Crippen LogP) is 3.64. The van der Waals surface area contributed by atoms with Gasteiger partial charge in [-0.05, 0) is 53.6 Å². The zero-order valence-electron chi connectivity index (χ0n) is 7.50. The van der Waals surface area contributed by atoms with Crippen LogP contribution in [0, 0.1) is 3.57 Å². The van der Waals surface area contributed by atoms with Crippen LogP contribution < -0.4 is 4.74 Å². The fraction of sp³-hybridized carbons (Fsp3) is 0.273. The van der Waals surface area contributed by atoms with E-state index < -0.39 is 0 Å². The molecule has 13 heavy (non-hydrogen) atoms. The average Bonchev–Trinajstić information content (AvgIpc) is 2.13. The van der Waals surface area contributed by atoms with Crippen LogP contribution in [0.3, 0.4) is 0 Å². The summed E-state index contributed by atoms with van der Waals surface area (Å²) < 4.78 is 6.74. The lowest BCUT2D eigenvalue weighted by atomic mass is 10.3. The summed E-state index contributed by atoms with van der Waals surface area (Å²) in [6.45, 7) is 4.43. The quantitative estimate of drug-likeness (QED) is 0.456. The third kappa shape index (κ3) is 4.31. The Morgan fingerprint density at radius 1 is 1.46 bits per heavy atom. The van der Waals surface area contributed by atoms with Crippen LogP contribution in [0.15, 0.2) is 36.9 Å². The Kier molecular flexibility index (Phi) is 4.90. The number of allylic oxidation sites excluding steroid dienone is 1. The van der Waals surface area contributed by atoms with Crippen LogP contribution in [0.25, 0.3) is 0 Å². The Hall–Kier alpha value is -0.510. The van der Waals surface area contributed by atoms with E-state index in [4.69, 9.17) is 4.74 Å². The number of benzene rings is 1. The Balaban J connectivity index is 2.32. The lowest BCUT2D eigenvalue weighted by Crippen LogP contribution is -1.96. The van der Waals surface area contributed by atoms with Gasteiger partial charge in [-0.25, -0.2) is 0 Å². The van der Waals surface area contributed by atoms with Gasteiger partial charge in [0, 0.05) is 3.57 Å². The molecule has 0 unspecified atom stereocenters. The molecule has 0 aliphatic carbocycles. The Bertz CT molecular complexity index is 271. The molecular formula is C11H13IO. The van der Waals surface area contributed by atoms with Crippen molar-refractivity contribution in [3.05, 3.63) is 40.5 Å². The van der Waals surface area contributed by atoms with Gasteiger partial charge in [0.25, 0.3) is 0 Å². The lowest BCUT2D eigenvalue weighted by Gasteiger charge is -2.04. The number of halogens is 1. The third-order valence-corrected chi connectivity index (χ3v) is 2.29. The number of hydrogen-bond donors (Lipinski definition) is 0. The monoisotopic (exact) mass is 288 g/mol. The smallest absolute Gasteiger partial charge is 0.120 e. The van der Waals surface area contributed by atoms with Crippen LogP contribution in [-0.4, -0.2) is 6.61 Å². The SMILES string of the molecule is C=CCCCOc1cccc(I)c1. The average molecular weight is 288 g/mol. The molecule has 1 nitrogen and oxygen atoms in total. The molecule has 0 bridgehead atoms. The van der Waals surface area contributed by atoms with Crippen LogP contribution in [0.2, 0.25) is 0 Å². The second-order valence-corrected chi connectivity index (χ2v) is 3.98. The van der Waals surface area contributed by atoms with E-state index in [9.17, 15) is 0 Å². The number of unbranched alkanes of at least 4 members (excludes halogenated alkanes) is 1. The van der Waals surface area contributed by atoms with Gasteiger partial charge >= 0.3 is 0 Å². The zero-order valence-corrected chi connectivity index (χ0v) is 9.66. The van der Waals surface area contributed by atoms with E-state index in [-0.39, 0.29) is 0 Å². The minimum absolute atomic E-state index is 0.770. The maximum atomic E-state index is 5.54. The first kappa shape index (κ1) is 10.6. The molecule has 1 aromatic rings. The van der Waals surface area contributed by atoms with Gasteiger partial charge in [-0.2, -0.15) is 0 Å². The highest BCUT2D eigenvalue weighted by Gasteiger charge is 1.93. The largest absolute Gasteiger partial charge is 0.494 e. The Morgan fingerprint density at radius 2 is 2.31 bits per heavy atom. The van der Waals surface area contributed by atoms with Gasteiger partial charge in [-0.15, -0.1) is 6.58 Å². The van der Waals surface area contributed by atoms with Gasteiger partial charge in [0.1, 0.15) is 5.75 Å². The summed E-state index contributed by atoms with van der Waals surface area (Å²) in [4.78, 5) is 0. The standard InChI is InChI=1S/C11H13IO/c1-2-3-4-8-13-11-7-5-6-10(12)9-11/h2,5-7,9H,1,3-4,8H2. The molecule has 1 aromatic carbocycles. The maximum absolute atomic E-state index is 5.54. The van der Waals surface area contributed by atoms with Crippen LogP contribution in [-0.2, 0) is 0 Å². The highest BCUT2D eigenvalue weighted by Crippen LogP contribution is 2.14. The van der Waals surface area contributed by atoms with Gasteiger partial charge in [0.15, 0.2) is 0 Å². The van der Waals surface area contributed by atoms with E-state index in [0.29, 0.717) is 0 Å². The molecule has 0 radical (unpaired) electrons. The van der Waals surface area contributed by atoms with Crippen molar-refractivity contribution in [3.8, 4) is 5.75 Å². The molecule has 70 valence electrons. The molecule has 0 atom stereocenters. The lowest BCUT2D eigenvalue weighted by molar-refractivity contribution is 0.312. The molecule has 2 heteroatoms. The van der Waals surface area contributed by atoms with Crippen molar-refractivity contribution in [2.45, 2.75) is 12.8 Å². The molecule has 0 aromatic heterocycles. The molecule has 0 aliphatic rings. The molecular weight excluding hydrogens is 275 g/mol. The highest BCUT2D eigenvalue weighted by molar-refractivity contribution is 14.1. The molecule has 0 heterocycles.